The van der Waals surface area contributed by atoms with Crippen molar-refractivity contribution in [1.82, 2.24) is 0 Å². The molecule has 18 heavy (non-hydrogen) atoms. The van der Waals surface area contributed by atoms with Gasteiger partial charge < -0.3 is 9.84 Å². The quantitative estimate of drug-likeness (QED) is 0.805. The maximum absolute atomic E-state index is 9.58. The van der Waals surface area contributed by atoms with E-state index in [-0.39, 0.29) is 5.75 Å². The Balaban J connectivity index is 2.20. The summed E-state index contributed by atoms with van der Waals surface area (Å²) in [6.45, 7) is 4.42. The summed E-state index contributed by atoms with van der Waals surface area (Å²) in [7, 11) is 0. The molecule has 1 aliphatic rings. The molecule has 0 radical (unpaired) electrons. The minimum Gasteiger partial charge on any atom is -0.508 e. The third-order valence-electron chi connectivity index (χ3n) is 3.47. The van der Waals surface area contributed by atoms with E-state index in [0.29, 0.717) is 11.8 Å². The van der Waals surface area contributed by atoms with Gasteiger partial charge in [0.2, 0.25) is 0 Å². The van der Waals surface area contributed by atoms with E-state index >= 15 is 0 Å². The average molecular weight is 240 g/mol. The van der Waals surface area contributed by atoms with E-state index in [1.54, 1.807) is 12.1 Å². The zero-order valence-electron chi connectivity index (χ0n) is 10.6. The van der Waals surface area contributed by atoms with Gasteiger partial charge >= 0.3 is 0 Å². The molecule has 0 bridgehead atoms. The highest BCUT2D eigenvalue weighted by Crippen LogP contribution is 2.47. The van der Waals surface area contributed by atoms with E-state index in [0.717, 1.165) is 17.1 Å². The second kappa shape index (κ2) is 4.05. The molecule has 1 heterocycles. The number of hydrogen-bond donors (Lipinski definition) is 1. The fourth-order valence-electron chi connectivity index (χ4n) is 2.70. The van der Waals surface area contributed by atoms with Crippen LogP contribution in [0.3, 0.4) is 0 Å². The maximum Gasteiger partial charge on any atom is 0.134 e. The molecule has 2 heteroatoms. The smallest absolute Gasteiger partial charge is 0.134 e. The molecular formula is C16H16O2. The van der Waals surface area contributed by atoms with Gasteiger partial charge in [-0.05, 0) is 18.1 Å². The first-order valence-corrected chi connectivity index (χ1v) is 6.26. The normalized spacial score (nSPS) is 16.9. The molecule has 2 nitrogen and oxygen atoms in total. The molecule has 0 aromatic heterocycles. The maximum atomic E-state index is 9.58. The monoisotopic (exact) mass is 240 g/mol. The molecule has 1 N–H and O–H groups in total. The van der Waals surface area contributed by atoms with Crippen molar-refractivity contribution in [1.29, 1.82) is 0 Å². The first-order valence-electron chi connectivity index (χ1n) is 6.26. The third kappa shape index (κ3) is 1.65. The van der Waals surface area contributed by atoms with Gasteiger partial charge in [-0.15, -0.1) is 0 Å². The van der Waals surface area contributed by atoms with E-state index in [9.17, 15) is 5.11 Å². The van der Waals surface area contributed by atoms with E-state index < -0.39 is 0 Å². The van der Waals surface area contributed by atoms with Crippen LogP contribution in [0.25, 0.3) is 0 Å². The number of hydrogen-bond acceptors (Lipinski definition) is 2. The summed E-state index contributed by atoms with van der Waals surface area (Å²) in [4.78, 5) is 0. The van der Waals surface area contributed by atoms with Crippen LogP contribution in [-0.2, 0) is 0 Å². The molecule has 2 aromatic rings. The lowest BCUT2D eigenvalue weighted by Gasteiger charge is -2.30. The fraction of sp³-hybridized carbons (Fsp3) is 0.250. The Kier molecular flexibility index (Phi) is 2.51. The summed E-state index contributed by atoms with van der Waals surface area (Å²) < 4.78 is 5.88. The van der Waals surface area contributed by atoms with Crippen molar-refractivity contribution in [2.45, 2.75) is 19.8 Å². The number of aromatic hydroxyl groups is 1. The van der Waals surface area contributed by atoms with Crippen molar-refractivity contribution < 1.29 is 9.84 Å². The van der Waals surface area contributed by atoms with Gasteiger partial charge in [0.25, 0.3) is 0 Å². The summed E-state index contributed by atoms with van der Waals surface area (Å²) in [6, 6.07) is 13.5. The third-order valence-corrected chi connectivity index (χ3v) is 3.47. The van der Waals surface area contributed by atoms with Gasteiger partial charge in [0, 0.05) is 23.1 Å². The summed E-state index contributed by atoms with van der Waals surface area (Å²) in [6.07, 6.45) is 0. The van der Waals surface area contributed by atoms with Crippen LogP contribution in [0.2, 0.25) is 0 Å². The molecule has 1 unspecified atom stereocenters. The van der Waals surface area contributed by atoms with Crippen LogP contribution >= 0.6 is 0 Å². The highest BCUT2D eigenvalue weighted by Gasteiger charge is 2.29. The van der Waals surface area contributed by atoms with Gasteiger partial charge in [-0.3, -0.25) is 0 Å². The average Bonchev–Trinajstić information content (AvgIpc) is 2.35. The van der Waals surface area contributed by atoms with Crippen molar-refractivity contribution in [3.8, 4) is 17.2 Å². The Morgan fingerprint density at radius 2 is 1.72 bits per heavy atom. The summed E-state index contributed by atoms with van der Waals surface area (Å²) in [5.41, 5.74) is 2.38. The Bertz CT molecular complexity index is 587. The molecule has 1 atom stereocenters. The van der Waals surface area contributed by atoms with Crippen LogP contribution in [0.1, 0.15) is 30.9 Å². The summed E-state index contributed by atoms with van der Waals surface area (Å²) >= 11 is 0. The van der Waals surface area contributed by atoms with Crippen molar-refractivity contribution in [3.63, 3.8) is 0 Å². The Hall–Kier alpha value is -1.96. The summed E-state index contributed by atoms with van der Waals surface area (Å²) in [5, 5.41) is 9.58. The van der Waals surface area contributed by atoms with Crippen molar-refractivity contribution >= 4 is 0 Å². The lowest BCUT2D eigenvalue weighted by molar-refractivity contribution is 0.411. The van der Waals surface area contributed by atoms with Crippen molar-refractivity contribution in [2.24, 2.45) is 5.92 Å². The highest BCUT2D eigenvalue weighted by atomic mass is 16.5. The van der Waals surface area contributed by atoms with Crippen LogP contribution in [0, 0.1) is 5.92 Å². The number of phenolic OH excluding ortho intramolecular Hbond substituents is 1. The molecule has 92 valence electrons. The molecule has 0 amide bonds. The van der Waals surface area contributed by atoms with Gasteiger partial charge in [-0.1, -0.05) is 38.1 Å². The molecule has 1 aliphatic heterocycles. The minimum absolute atomic E-state index is 0.246. The number of phenols is 1. The predicted octanol–water partition coefficient (Wildman–Crippen LogP) is 4.29. The van der Waals surface area contributed by atoms with Crippen LogP contribution in [0.4, 0.5) is 0 Å². The van der Waals surface area contributed by atoms with Crippen LogP contribution in [-0.4, -0.2) is 5.11 Å². The number of rotatable bonds is 1. The topological polar surface area (TPSA) is 29.5 Å². The first-order chi connectivity index (χ1) is 8.66. The van der Waals surface area contributed by atoms with E-state index in [2.05, 4.69) is 19.9 Å². The molecule has 0 fully saturated rings. The van der Waals surface area contributed by atoms with Gasteiger partial charge in [-0.2, -0.15) is 0 Å². The number of fused-ring (bicyclic) bond motifs is 2. The van der Waals surface area contributed by atoms with E-state index in [1.165, 1.54) is 5.56 Å². The van der Waals surface area contributed by atoms with Gasteiger partial charge in [0.1, 0.15) is 17.2 Å². The van der Waals surface area contributed by atoms with Crippen LogP contribution in [0.5, 0.6) is 17.2 Å². The van der Waals surface area contributed by atoms with Crippen molar-refractivity contribution in [2.75, 3.05) is 0 Å². The van der Waals surface area contributed by atoms with E-state index in [4.69, 9.17) is 4.74 Å². The lowest BCUT2D eigenvalue weighted by Crippen LogP contribution is -2.14. The molecule has 0 saturated carbocycles. The SMILES string of the molecule is CC(C)C1c2ccccc2Oc2cc(O)ccc21. The number of para-hydroxylation sites is 1. The van der Waals surface area contributed by atoms with Crippen LogP contribution in [0.15, 0.2) is 42.5 Å². The lowest BCUT2D eigenvalue weighted by atomic mass is 9.80. The molecule has 0 spiro atoms. The van der Waals surface area contributed by atoms with Crippen LogP contribution < -0.4 is 4.74 Å². The Labute approximate surface area is 107 Å². The summed E-state index contributed by atoms with van der Waals surface area (Å²) in [5.74, 6) is 2.72. The Morgan fingerprint density at radius 1 is 1.00 bits per heavy atom. The molecule has 3 rings (SSSR count). The molecular weight excluding hydrogens is 224 g/mol. The van der Waals surface area contributed by atoms with Crippen molar-refractivity contribution in [3.05, 3.63) is 53.6 Å². The molecule has 0 aliphatic carbocycles. The number of ether oxygens (including phenoxy) is 1. The first kappa shape index (κ1) is 11.1. The standard InChI is InChI=1S/C16H16O2/c1-10(2)16-12-5-3-4-6-14(12)18-15-9-11(17)7-8-13(15)16/h3-10,16-17H,1-2H3. The molecule has 0 saturated heterocycles. The predicted molar refractivity (Wildman–Crippen MR) is 71.3 cm³/mol. The van der Waals surface area contributed by atoms with E-state index in [1.807, 2.05) is 24.3 Å². The fourth-order valence-corrected chi connectivity index (χ4v) is 2.70. The van der Waals surface area contributed by atoms with Gasteiger partial charge in [0.05, 0.1) is 0 Å². The zero-order chi connectivity index (χ0) is 12.7. The molecule has 2 aromatic carbocycles. The largest absolute Gasteiger partial charge is 0.508 e. The highest BCUT2D eigenvalue weighted by molar-refractivity contribution is 5.55. The van der Waals surface area contributed by atoms with Gasteiger partial charge in [0.15, 0.2) is 0 Å². The Morgan fingerprint density at radius 3 is 2.50 bits per heavy atom. The second-order valence-electron chi connectivity index (χ2n) is 5.08. The zero-order valence-corrected chi connectivity index (χ0v) is 10.6. The van der Waals surface area contributed by atoms with Gasteiger partial charge in [-0.25, -0.2) is 0 Å². The minimum atomic E-state index is 0.246. The second-order valence-corrected chi connectivity index (χ2v) is 5.08. The number of benzene rings is 2.